The SMILES string of the molecule is O=CN(O)CC1(C(=O)NCNC(=O)c2cc3ccccc3o2)CCCCCC1. The van der Waals surface area contributed by atoms with E-state index in [9.17, 15) is 19.6 Å². The van der Waals surface area contributed by atoms with Gasteiger partial charge in [-0.05, 0) is 25.0 Å². The van der Waals surface area contributed by atoms with Gasteiger partial charge in [0.15, 0.2) is 5.76 Å². The Labute approximate surface area is 162 Å². The molecule has 28 heavy (non-hydrogen) atoms. The summed E-state index contributed by atoms with van der Waals surface area (Å²) in [6.07, 6.45) is 5.22. The number of furan rings is 1. The van der Waals surface area contributed by atoms with Gasteiger partial charge in [-0.2, -0.15) is 0 Å². The van der Waals surface area contributed by atoms with E-state index in [1.165, 1.54) is 0 Å². The van der Waals surface area contributed by atoms with Gasteiger partial charge in [-0.15, -0.1) is 0 Å². The van der Waals surface area contributed by atoms with Crippen LogP contribution in [0.2, 0.25) is 0 Å². The Balaban J connectivity index is 1.60. The molecule has 1 heterocycles. The summed E-state index contributed by atoms with van der Waals surface area (Å²) in [5.74, 6) is -0.537. The number of para-hydroxylation sites is 1. The molecular formula is C20H25N3O5. The zero-order valence-corrected chi connectivity index (χ0v) is 15.6. The predicted octanol–water partition coefficient (Wildman–Crippen LogP) is 2.42. The van der Waals surface area contributed by atoms with E-state index in [1.54, 1.807) is 12.1 Å². The van der Waals surface area contributed by atoms with Crippen molar-refractivity contribution >= 4 is 29.2 Å². The van der Waals surface area contributed by atoms with Gasteiger partial charge in [0.25, 0.3) is 5.91 Å². The van der Waals surface area contributed by atoms with Crippen LogP contribution in [0.15, 0.2) is 34.7 Å². The third-order valence-electron chi connectivity index (χ3n) is 5.28. The van der Waals surface area contributed by atoms with Crippen LogP contribution in [0.4, 0.5) is 0 Å². The summed E-state index contributed by atoms with van der Waals surface area (Å²) in [6, 6.07) is 8.95. The molecule has 0 aliphatic heterocycles. The minimum atomic E-state index is -0.851. The summed E-state index contributed by atoms with van der Waals surface area (Å²) < 4.78 is 5.50. The third-order valence-corrected chi connectivity index (χ3v) is 5.28. The van der Waals surface area contributed by atoms with Gasteiger partial charge in [-0.1, -0.05) is 43.9 Å². The lowest BCUT2D eigenvalue weighted by Crippen LogP contribution is -2.50. The van der Waals surface area contributed by atoms with E-state index in [0.29, 0.717) is 29.9 Å². The van der Waals surface area contributed by atoms with Crippen LogP contribution >= 0.6 is 0 Å². The standard InChI is InChI=1S/C20H25N3O5/c24-14-23(27)12-20(9-5-1-2-6-10-20)19(26)22-13-21-18(25)17-11-15-7-3-4-8-16(15)28-17/h3-4,7-8,11,14,27H,1-2,5-6,9-10,12-13H2,(H,21,25)(H,22,26). The van der Waals surface area contributed by atoms with E-state index in [0.717, 1.165) is 31.1 Å². The summed E-state index contributed by atoms with van der Waals surface area (Å²) in [5, 5.41) is 16.3. The molecule has 1 aliphatic carbocycles. The first-order valence-electron chi connectivity index (χ1n) is 9.50. The van der Waals surface area contributed by atoms with E-state index < -0.39 is 11.3 Å². The molecule has 0 spiro atoms. The second kappa shape index (κ2) is 8.88. The number of rotatable bonds is 7. The zero-order valence-electron chi connectivity index (χ0n) is 15.6. The van der Waals surface area contributed by atoms with Gasteiger partial charge in [0.2, 0.25) is 12.3 Å². The molecular weight excluding hydrogens is 362 g/mol. The first-order valence-corrected chi connectivity index (χ1v) is 9.50. The van der Waals surface area contributed by atoms with Crippen LogP contribution in [0.25, 0.3) is 11.0 Å². The summed E-state index contributed by atoms with van der Waals surface area (Å²) in [7, 11) is 0. The molecule has 0 saturated heterocycles. The lowest BCUT2D eigenvalue weighted by Gasteiger charge is -2.33. The minimum Gasteiger partial charge on any atom is -0.451 e. The minimum absolute atomic E-state index is 0.0557. The zero-order chi connectivity index (χ0) is 20.0. The Morgan fingerprint density at radius 1 is 1.14 bits per heavy atom. The van der Waals surface area contributed by atoms with Gasteiger partial charge in [-0.3, -0.25) is 19.6 Å². The maximum absolute atomic E-state index is 12.8. The van der Waals surface area contributed by atoms with E-state index in [4.69, 9.17) is 4.42 Å². The topological polar surface area (TPSA) is 112 Å². The van der Waals surface area contributed by atoms with Crippen molar-refractivity contribution in [2.24, 2.45) is 5.41 Å². The van der Waals surface area contributed by atoms with Crippen LogP contribution in [0, 0.1) is 5.41 Å². The molecule has 8 heteroatoms. The Bertz CT molecular complexity index is 806. The predicted molar refractivity (Wildman–Crippen MR) is 101 cm³/mol. The van der Waals surface area contributed by atoms with Crippen LogP contribution in [0.3, 0.4) is 0 Å². The number of carbonyl (C=O) groups excluding carboxylic acids is 3. The Morgan fingerprint density at radius 3 is 2.54 bits per heavy atom. The second-order valence-electron chi connectivity index (χ2n) is 7.23. The van der Waals surface area contributed by atoms with Crippen molar-refractivity contribution in [2.75, 3.05) is 13.2 Å². The Kier molecular flexibility index (Phi) is 6.30. The van der Waals surface area contributed by atoms with Gasteiger partial charge < -0.3 is 15.1 Å². The maximum atomic E-state index is 12.8. The second-order valence-corrected chi connectivity index (χ2v) is 7.23. The highest BCUT2D eigenvalue weighted by Crippen LogP contribution is 2.35. The fourth-order valence-corrected chi connectivity index (χ4v) is 3.78. The molecule has 0 radical (unpaired) electrons. The average Bonchev–Trinajstić information content (AvgIpc) is 3.00. The number of nitrogens with zero attached hydrogens (tertiary/aromatic N) is 1. The van der Waals surface area contributed by atoms with Crippen LogP contribution < -0.4 is 10.6 Å². The molecule has 0 unspecified atom stereocenters. The average molecular weight is 387 g/mol. The van der Waals surface area contributed by atoms with Crippen LogP contribution in [0.1, 0.15) is 49.1 Å². The molecule has 3 rings (SSSR count). The van der Waals surface area contributed by atoms with Gasteiger partial charge in [-0.25, -0.2) is 5.06 Å². The number of amides is 3. The lowest BCUT2D eigenvalue weighted by molar-refractivity contribution is -0.161. The molecule has 3 amide bonds. The van der Waals surface area contributed by atoms with Crippen molar-refractivity contribution in [2.45, 2.75) is 38.5 Å². The van der Waals surface area contributed by atoms with Gasteiger partial charge in [0.1, 0.15) is 5.58 Å². The van der Waals surface area contributed by atoms with Crippen molar-refractivity contribution in [3.8, 4) is 0 Å². The van der Waals surface area contributed by atoms with Crippen molar-refractivity contribution in [1.82, 2.24) is 15.7 Å². The van der Waals surface area contributed by atoms with Crippen LogP contribution in [-0.4, -0.2) is 41.7 Å². The monoisotopic (exact) mass is 387 g/mol. The molecule has 1 aromatic heterocycles. The summed E-state index contributed by atoms with van der Waals surface area (Å²) >= 11 is 0. The molecule has 0 atom stereocenters. The molecule has 1 aliphatic rings. The molecule has 1 aromatic carbocycles. The smallest absolute Gasteiger partial charge is 0.288 e. The quantitative estimate of drug-likeness (QED) is 0.222. The number of benzene rings is 1. The number of nitrogens with one attached hydrogen (secondary N) is 2. The lowest BCUT2D eigenvalue weighted by atomic mass is 9.79. The number of carbonyl (C=O) groups is 3. The summed E-state index contributed by atoms with van der Waals surface area (Å²) in [4.78, 5) is 36.0. The van der Waals surface area contributed by atoms with Crippen LogP contribution in [0.5, 0.6) is 0 Å². The third kappa shape index (κ3) is 4.51. The van der Waals surface area contributed by atoms with E-state index in [-0.39, 0.29) is 24.9 Å². The Morgan fingerprint density at radius 2 is 1.86 bits per heavy atom. The molecule has 2 aromatic rings. The highest BCUT2D eigenvalue weighted by molar-refractivity contribution is 5.96. The van der Waals surface area contributed by atoms with Crippen molar-refractivity contribution < 1.29 is 24.0 Å². The molecule has 0 bridgehead atoms. The van der Waals surface area contributed by atoms with Crippen molar-refractivity contribution in [3.05, 3.63) is 36.1 Å². The molecule has 3 N–H and O–H groups in total. The number of fused-ring (bicyclic) bond motifs is 1. The fraction of sp³-hybridized carbons (Fsp3) is 0.450. The van der Waals surface area contributed by atoms with Gasteiger partial charge in [0, 0.05) is 5.39 Å². The first-order chi connectivity index (χ1) is 13.5. The molecule has 8 nitrogen and oxygen atoms in total. The van der Waals surface area contributed by atoms with Gasteiger partial charge in [0.05, 0.1) is 18.6 Å². The first kappa shape index (κ1) is 19.9. The maximum Gasteiger partial charge on any atom is 0.288 e. The van der Waals surface area contributed by atoms with Crippen LogP contribution in [-0.2, 0) is 9.59 Å². The number of hydroxylamine groups is 2. The van der Waals surface area contributed by atoms with E-state index in [1.807, 2.05) is 18.2 Å². The highest BCUT2D eigenvalue weighted by atomic mass is 16.5. The summed E-state index contributed by atoms with van der Waals surface area (Å²) in [5.41, 5.74) is -0.234. The normalized spacial score (nSPS) is 16.2. The molecule has 150 valence electrons. The largest absolute Gasteiger partial charge is 0.451 e. The van der Waals surface area contributed by atoms with E-state index in [2.05, 4.69) is 10.6 Å². The van der Waals surface area contributed by atoms with Gasteiger partial charge >= 0.3 is 0 Å². The number of hydrogen-bond acceptors (Lipinski definition) is 5. The highest BCUT2D eigenvalue weighted by Gasteiger charge is 2.40. The Hall–Kier alpha value is -2.87. The van der Waals surface area contributed by atoms with E-state index >= 15 is 0 Å². The number of hydrogen-bond donors (Lipinski definition) is 3. The van der Waals surface area contributed by atoms with Crippen molar-refractivity contribution in [1.29, 1.82) is 0 Å². The molecule has 1 fully saturated rings. The van der Waals surface area contributed by atoms with Crippen molar-refractivity contribution in [3.63, 3.8) is 0 Å². The summed E-state index contributed by atoms with van der Waals surface area (Å²) in [6.45, 7) is -0.122. The fourth-order valence-electron chi connectivity index (χ4n) is 3.78. The molecule has 1 saturated carbocycles.